The SMILES string of the molecule is CC(=O)c1c(F)cccc1NCC(O)COCC1CC1. The van der Waals surface area contributed by atoms with E-state index in [1.54, 1.807) is 6.07 Å². The second-order valence-corrected chi connectivity index (χ2v) is 5.23. The van der Waals surface area contributed by atoms with Gasteiger partial charge < -0.3 is 15.2 Å². The van der Waals surface area contributed by atoms with Crippen LogP contribution in [-0.2, 0) is 4.74 Å². The van der Waals surface area contributed by atoms with Gasteiger partial charge in [0.25, 0.3) is 0 Å². The molecule has 20 heavy (non-hydrogen) atoms. The number of ether oxygens (including phenoxy) is 1. The molecule has 0 aliphatic heterocycles. The van der Waals surface area contributed by atoms with Crippen LogP contribution in [0, 0.1) is 11.7 Å². The van der Waals surface area contributed by atoms with Crippen molar-refractivity contribution in [3.05, 3.63) is 29.6 Å². The molecule has 5 heteroatoms. The fraction of sp³-hybridized carbons (Fsp3) is 0.533. The number of hydrogen-bond acceptors (Lipinski definition) is 4. The average molecular weight is 281 g/mol. The number of aliphatic hydroxyl groups is 1. The minimum absolute atomic E-state index is 0.0265. The second kappa shape index (κ2) is 6.81. The van der Waals surface area contributed by atoms with E-state index in [0.29, 0.717) is 18.2 Å². The number of carbonyl (C=O) groups is 1. The monoisotopic (exact) mass is 281 g/mol. The van der Waals surface area contributed by atoms with Gasteiger partial charge in [0.05, 0.1) is 18.3 Å². The standard InChI is InChI=1S/C15H20FNO3/c1-10(18)15-13(16)3-2-4-14(15)17-7-12(19)9-20-8-11-5-6-11/h2-4,11-12,17,19H,5-9H2,1H3. The van der Waals surface area contributed by atoms with Crippen molar-refractivity contribution in [2.75, 3.05) is 25.1 Å². The third-order valence-corrected chi connectivity index (χ3v) is 3.25. The Morgan fingerprint density at radius 3 is 2.95 bits per heavy atom. The second-order valence-electron chi connectivity index (χ2n) is 5.23. The van der Waals surface area contributed by atoms with Gasteiger partial charge in [-0.3, -0.25) is 4.79 Å². The number of Topliss-reactive ketones (excluding diaryl/α,β-unsaturated/α-hetero) is 1. The zero-order valence-electron chi connectivity index (χ0n) is 11.6. The van der Waals surface area contributed by atoms with E-state index in [4.69, 9.17) is 4.74 Å². The number of hydrogen-bond donors (Lipinski definition) is 2. The lowest BCUT2D eigenvalue weighted by Crippen LogP contribution is -2.26. The van der Waals surface area contributed by atoms with Crippen molar-refractivity contribution in [2.45, 2.75) is 25.9 Å². The van der Waals surface area contributed by atoms with Gasteiger partial charge in [-0.15, -0.1) is 0 Å². The lowest BCUT2D eigenvalue weighted by Gasteiger charge is -2.15. The molecule has 2 rings (SSSR count). The molecule has 0 saturated heterocycles. The van der Waals surface area contributed by atoms with Gasteiger partial charge in [0, 0.05) is 18.8 Å². The molecular formula is C15H20FNO3. The Morgan fingerprint density at radius 1 is 1.55 bits per heavy atom. The minimum atomic E-state index is -0.683. The molecule has 0 bridgehead atoms. The zero-order valence-corrected chi connectivity index (χ0v) is 11.6. The normalized spacial score (nSPS) is 15.9. The largest absolute Gasteiger partial charge is 0.389 e. The molecule has 0 amide bonds. The van der Waals surface area contributed by atoms with E-state index in [0.717, 1.165) is 0 Å². The van der Waals surface area contributed by atoms with E-state index in [1.807, 2.05) is 0 Å². The Balaban J connectivity index is 1.83. The molecule has 0 heterocycles. The van der Waals surface area contributed by atoms with E-state index in [1.165, 1.54) is 31.9 Å². The topological polar surface area (TPSA) is 58.6 Å². The molecule has 1 fully saturated rings. The third-order valence-electron chi connectivity index (χ3n) is 3.25. The van der Waals surface area contributed by atoms with Gasteiger partial charge in [-0.2, -0.15) is 0 Å². The summed E-state index contributed by atoms with van der Waals surface area (Å²) in [5.74, 6) is -0.241. The summed E-state index contributed by atoms with van der Waals surface area (Å²) in [6.45, 7) is 2.47. The van der Waals surface area contributed by atoms with Crippen molar-refractivity contribution in [2.24, 2.45) is 5.92 Å². The average Bonchev–Trinajstić information content (AvgIpc) is 3.20. The number of rotatable bonds is 8. The molecule has 1 saturated carbocycles. The number of anilines is 1. The van der Waals surface area contributed by atoms with Crippen LogP contribution >= 0.6 is 0 Å². The van der Waals surface area contributed by atoms with Gasteiger partial charge in [-0.05, 0) is 37.8 Å². The van der Waals surface area contributed by atoms with E-state index >= 15 is 0 Å². The first-order valence-corrected chi connectivity index (χ1v) is 6.87. The van der Waals surface area contributed by atoms with Gasteiger partial charge >= 0.3 is 0 Å². The lowest BCUT2D eigenvalue weighted by atomic mass is 10.1. The van der Waals surface area contributed by atoms with E-state index in [9.17, 15) is 14.3 Å². The maximum Gasteiger partial charge on any atom is 0.164 e. The summed E-state index contributed by atoms with van der Waals surface area (Å²) in [7, 11) is 0. The number of nitrogens with one attached hydrogen (secondary N) is 1. The van der Waals surface area contributed by atoms with Crippen LogP contribution in [0.25, 0.3) is 0 Å². The first-order valence-electron chi connectivity index (χ1n) is 6.87. The van der Waals surface area contributed by atoms with Crippen molar-refractivity contribution in [1.82, 2.24) is 0 Å². The Labute approximate surface area is 117 Å². The van der Waals surface area contributed by atoms with Gasteiger partial charge in [0.2, 0.25) is 0 Å². The Kier molecular flexibility index (Phi) is 5.09. The zero-order chi connectivity index (χ0) is 14.5. The quantitative estimate of drug-likeness (QED) is 0.717. The molecule has 0 radical (unpaired) electrons. The number of benzene rings is 1. The van der Waals surface area contributed by atoms with Crippen LogP contribution in [0.15, 0.2) is 18.2 Å². The Hall–Kier alpha value is -1.46. The predicted octanol–water partition coefficient (Wildman–Crippen LogP) is 2.23. The van der Waals surface area contributed by atoms with Crippen LogP contribution in [0.4, 0.5) is 10.1 Å². The molecule has 1 aliphatic carbocycles. The van der Waals surface area contributed by atoms with Crippen molar-refractivity contribution in [3.63, 3.8) is 0 Å². The van der Waals surface area contributed by atoms with Crippen LogP contribution < -0.4 is 5.32 Å². The van der Waals surface area contributed by atoms with Crippen molar-refractivity contribution >= 4 is 11.5 Å². The fourth-order valence-corrected chi connectivity index (χ4v) is 1.97. The molecule has 1 atom stereocenters. The Bertz CT molecular complexity index is 474. The van der Waals surface area contributed by atoms with Gasteiger partial charge in [-0.25, -0.2) is 4.39 Å². The summed E-state index contributed by atoms with van der Waals surface area (Å²) in [5.41, 5.74) is 0.428. The highest BCUT2D eigenvalue weighted by Crippen LogP contribution is 2.28. The van der Waals surface area contributed by atoms with E-state index < -0.39 is 11.9 Å². The Morgan fingerprint density at radius 2 is 2.30 bits per heavy atom. The smallest absolute Gasteiger partial charge is 0.164 e. The summed E-state index contributed by atoms with van der Waals surface area (Å²) >= 11 is 0. The fourth-order valence-electron chi connectivity index (χ4n) is 1.97. The van der Waals surface area contributed by atoms with Gasteiger partial charge in [-0.1, -0.05) is 6.07 Å². The highest BCUT2D eigenvalue weighted by molar-refractivity contribution is 5.99. The molecule has 1 aromatic carbocycles. The van der Waals surface area contributed by atoms with Crippen LogP contribution in [0.5, 0.6) is 0 Å². The molecule has 4 nitrogen and oxygen atoms in total. The maximum absolute atomic E-state index is 13.6. The van der Waals surface area contributed by atoms with Crippen LogP contribution in [0.2, 0.25) is 0 Å². The number of aliphatic hydroxyl groups excluding tert-OH is 1. The van der Waals surface area contributed by atoms with Crippen LogP contribution in [0.3, 0.4) is 0 Å². The summed E-state index contributed by atoms with van der Waals surface area (Å²) in [4.78, 5) is 11.4. The first-order chi connectivity index (χ1) is 9.58. The molecule has 0 aromatic heterocycles. The number of carbonyl (C=O) groups excluding carboxylic acids is 1. The molecule has 0 spiro atoms. The highest BCUT2D eigenvalue weighted by atomic mass is 19.1. The summed E-state index contributed by atoms with van der Waals surface area (Å²) in [6, 6.07) is 4.40. The van der Waals surface area contributed by atoms with Crippen molar-refractivity contribution in [3.8, 4) is 0 Å². The third kappa shape index (κ3) is 4.28. The number of halogens is 1. The minimum Gasteiger partial charge on any atom is -0.389 e. The van der Waals surface area contributed by atoms with E-state index in [2.05, 4.69) is 5.32 Å². The molecule has 110 valence electrons. The summed E-state index contributed by atoms with van der Waals surface area (Å²) in [5, 5.41) is 12.7. The van der Waals surface area contributed by atoms with Crippen molar-refractivity contribution in [1.29, 1.82) is 0 Å². The van der Waals surface area contributed by atoms with Gasteiger partial charge in [0.15, 0.2) is 5.78 Å². The molecular weight excluding hydrogens is 261 g/mol. The molecule has 1 aliphatic rings. The molecule has 1 aromatic rings. The van der Waals surface area contributed by atoms with Crippen molar-refractivity contribution < 1.29 is 19.0 Å². The first kappa shape index (κ1) is 14.9. The lowest BCUT2D eigenvalue weighted by molar-refractivity contribution is 0.0386. The summed E-state index contributed by atoms with van der Waals surface area (Å²) < 4.78 is 19.0. The van der Waals surface area contributed by atoms with E-state index in [-0.39, 0.29) is 24.5 Å². The maximum atomic E-state index is 13.6. The van der Waals surface area contributed by atoms with Crippen LogP contribution in [0.1, 0.15) is 30.1 Å². The summed E-state index contributed by atoms with van der Waals surface area (Å²) in [6.07, 6.45) is 1.73. The number of ketones is 1. The predicted molar refractivity (Wildman–Crippen MR) is 74.4 cm³/mol. The highest BCUT2D eigenvalue weighted by Gasteiger charge is 2.21. The van der Waals surface area contributed by atoms with Gasteiger partial charge in [0.1, 0.15) is 5.82 Å². The van der Waals surface area contributed by atoms with Crippen LogP contribution in [-0.4, -0.2) is 36.8 Å². The molecule has 1 unspecified atom stereocenters. The molecule has 2 N–H and O–H groups in total.